The maximum atomic E-state index is 11.2. The van der Waals surface area contributed by atoms with Crippen LogP contribution in [0.2, 0.25) is 0 Å². The van der Waals surface area contributed by atoms with E-state index in [0.29, 0.717) is 32.2 Å². The molecular formula is C12H20N2O5S. The fourth-order valence-electron chi connectivity index (χ4n) is 1.50. The number of methoxy groups -OCH3 is 1. The lowest BCUT2D eigenvalue weighted by Gasteiger charge is -2.09. The fourth-order valence-corrected chi connectivity index (χ4v) is 2.15. The number of sulfonamides is 1. The van der Waals surface area contributed by atoms with Crippen molar-refractivity contribution < 1.29 is 22.6 Å². The molecule has 1 aromatic carbocycles. The molecule has 0 fully saturated rings. The minimum absolute atomic E-state index is 0.0611. The summed E-state index contributed by atoms with van der Waals surface area (Å²) in [6, 6.07) is 4.24. The van der Waals surface area contributed by atoms with E-state index in [9.17, 15) is 8.42 Å². The second-order valence-corrected chi connectivity index (χ2v) is 5.58. The third-order valence-corrected chi connectivity index (χ3v) is 3.41. The molecule has 0 bridgehead atoms. The standard InChI is InChI=1S/C12H20N2O5S/c1-17-5-2-6-18-7-8-19-10-3-4-12(11(13)9-10)20(14,15)16/h3-4,9H,2,5-8,13H2,1H3,(H2,14,15,16). The van der Waals surface area contributed by atoms with Crippen LogP contribution in [0.5, 0.6) is 5.75 Å². The lowest BCUT2D eigenvalue weighted by atomic mass is 10.3. The Morgan fingerprint density at radius 2 is 1.90 bits per heavy atom. The number of benzene rings is 1. The van der Waals surface area contributed by atoms with E-state index in [1.54, 1.807) is 7.11 Å². The summed E-state index contributed by atoms with van der Waals surface area (Å²) in [5, 5.41) is 5.01. The quantitative estimate of drug-likeness (QED) is 0.502. The van der Waals surface area contributed by atoms with Crippen LogP contribution in [-0.2, 0) is 19.5 Å². The van der Waals surface area contributed by atoms with Gasteiger partial charge in [-0.15, -0.1) is 0 Å². The molecule has 7 nitrogen and oxygen atoms in total. The van der Waals surface area contributed by atoms with Gasteiger partial charge in [-0.2, -0.15) is 0 Å². The molecule has 0 radical (unpaired) electrons. The zero-order valence-electron chi connectivity index (χ0n) is 11.4. The highest BCUT2D eigenvalue weighted by molar-refractivity contribution is 7.89. The first kappa shape index (κ1) is 16.7. The van der Waals surface area contributed by atoms with E-state index in [1.165, 1.54) is 18.2 Å². The summed E-state index contributed by atoms with van der Waals surface area (Å²) in [5.74, 6) is 0.468. The SMILES string of the molecule is COCCCOCCOc1ccc(S(N)(=O)=O)c(N)c1. The number of hydrogen-bond donors (Lipinski definition) is 2. The van der Waals surface area contributed by atoms with Gasteiger partial charge in [0, 0.05) is 26.4 Å². The van der Waals surface area contributed by atoms with E-state index < -0.39 is 10.0 Å². The van der Waals surface area contributed by atoms with Crippen molar-refractivity contribution in [1.82, 2.24) is 0 Å². The highest BCUT2D eigenvalue weighted by Gasteiger charge is 2.12. The third-order valence-electron chi connectivity index (χ3n) is 2.42. The molecule has 0 spiro atoms. The minimum atomic E-state index is -3.81. The number of rotatable bonds is 9. The number of anilines is 1. The van der Waals surface area contributed by atoms with Gasteiger partial charge in [0.1, 0.15) is 17.3 Å². The summed E-state index contributed by atoms with van der Waals surface area (Å²) in [6.07, 6.45) is 0.826. The summed E-state index contributed by atoms with van der Waals surface area (Å²) in [4.78, 5) is -0.110. The van der Waals surface area contributed by atoms with Gasteiger partial charge in [0.25, 0.3) is 0 Å². The monoisotopic (exact) mass is 304 g/mol. The first-order valence-corrected chi connectivity index (χ1v) is 7.61. The van der Waals surface area contributed by atoms with Crippen molar-refractivity contribution in [2.24, 2.45) is 5.14 Å². The molecule has 1 aromatic rings. The van der Waals surface area contributed by atoms with Gasteiger partial charge >= 0.3 is 0 Å². The molecule has 0 unspecified atom stereocenters. The van der Waals surface area contributed by atoms with Crippen LogP contribution in [-0.4, -0.2) is 42.0 Å². The topological polar surface area (TPSA) is 114 Å². The van der Waals surface area contributed by atoms with Gasteiger partial charge in [0.05, 0.1) is 12.3 Å². The summed E-state index contributed by atoms with van der Waals surface area (Å²) in [6.45, 7) is 2.04. The Morgan fingerprint density at radius 3 is 2.50 bits per heavy atom. The van der Waals surface area contributed by atoms with Gasteiger partial charge in [-0.1, -0.05) is 0 Å². The highest BCUT2D eigenvalue weighted by atomic mass is 32.2. The van der Waals surface area contributed by atoms with Gasteiger partial charge in [0.2, 0.25) is 10.0 Å². The lowest BCUT2D eigenvalue weighted by molar-refractivity contribution is 0.0806. The molecule has 0 atom stereocenters. The molecule has 114 valence electrons. The molecule has 1 rings (SSSR count). The molecule has 0 aliphatic heterocycles. The molecule has 0 saturated carbocycles. The number of nitrogens with two attached hydrogens (primary N) is 2. The Hall–Kier alpha value is -1.35. The van der Waals surface area contributed by atoms with E-state index in [2.05, 4.69) is 0 Å². The van der Waals surface area contributed by atoms with Gasteiger partial charge in [-0.05, 0) is 18.6 Å². The molecule has 0 aliphatic carbocycles. The Labute approximate surface area is 118 Å². The number of hydrogen-bond acceptors (Lipinski definition) is 6. The maximum absolute atomic E-state index is 11.2. The van der Waals surface area contributed by atoms with Crippen LogP contribution in [0.25, 0.3) is 0 Å². The Balaban J connectivity index is 2.37. The van der Waals surface area contributed by atoms with E-state index in [0.717, 1.165) is 6.42 Å². The molecule has 0 amide bonds. The molecular weight excluding hydrogens is 284 g/mol. The molecule has 8 heteroatoms. The molecule has 0 aliphatic rings. The predicted molar refractivity (Wildman–Crippen MR) is 75.0 cm³/mol. The smallest absolute Gasteiger partial charge is 0.240 e. The Kier molecular flexibility index (Phi) is 6.73. The zero-order valence-corrected chi connectivity index (χ0v) is 12.2. The minimum Gasteiger partial charge on any atom is -0.491 e. The van der Waals surface area contributed by atoms with Crippen molar-refractivity contribution in [1.29, 1.82) is 0 Å². The van der Waals surface area contributed by atoms with Crippen LogP contribution in [0.1, 0.15) is 6.42 Å². The van der Waals surface area contributed by atoms with Crippen LogP contribution in [0.3, 0.4) is 0 Å². The zero-order chi connectivity index (χ0) is 15.0. The van der Waals surface area contributed by atoms with Crippen molar-refractivity contribution in [3.8, 4) is 5.75 Å². The Morgan fingerprint density at radius 1 is 1.15 bits per heavy atom. The second kappa shape index (κ2) is 8.05. The Bertz CT molecular complexity index is 519. The molecule has 0 saturated heterocycles. The maximum Gasteiger partial charge on any atom is 0.240 e. The lowest BCUT2D eigenvalue weighted by Crippen LogP contribution is -2.14. The molecule has 20 heavy (non-hydrogen) atoms. The summed E-state index contributed by atoms with van der Waals surface area (Å²) in [7, 11) is -2.17. The fraction of sp³-hybridized carbons (Fsp3) is 0.500. The van der Waals surface area contributed by atoms with Gasteiger partial charge in [-0.25, -0.2) is 13.6 Å². The van der Waals surface area contributed by atoms with Crippen LogP contribution in [0.15, 0.2) is 23.1 Å². The van der Waals surface area contributed by atoms with Crippen LogP contribution in [0, 0.1) is 0 Å². The largest absolute Gasteiger partial charge is 0.491 e. The van der Waals surface area contributed by atoms with Crippen LogP contribution >= 0.6 is 0 Å². The van der Waals surface area contributed by atoms with E-state index in [4.69, 9.17) is 25.1 Å². The van der Waals surface area contributed by atoms with Crippen molar-refractivity contribution >= 4 is 15.7 Å². The van der Waals surface area contributed by atoms with Gasteiger partial charge < -0.3 is 19.9 Å². The van der Waals surface area contributed by atoms with Crippen molar-refractivity contribution in [3.63, 3.8) is 0 Å². The predicted octanol–water partition coefficient (Wildman–Crippen LogP) is 0.348. The van der Waals surface area contributed by atoms with E-state index >= 15 is 0 Å². The van der Waals surface area contributed by atoms with E-state index in [1.807, 2.05) is 0 Å². The first-order chi connectivity index (χ1) is 9.45. The number of ether oxygens (including phenoxy) is 3. The average Bonchev–Trinajstić information content (AvgIpc) is 2.36. The normalized spacial score (nSPS) is 11.5. The van der Waals surface area contributed by atoms with Crippen molar-refractivity contribution in [2.45, 2.75) is 11.3 Å². The highest BCUT2D eigenvalue weighted by Crippen LogP contribution is 2.22. The van der Waals surface area contributed by atoms with Crippen LogP contribution in [0.4, 0.5) is 5.69 Å². The third kappa shape index (κ3) is 5.74. The van der Waals surface area contributed by atoms with Crippen molar-refractivity contribution in [3.05, 3.63) is 18.2 Å². The summed E-state index contributed by atoms with van der Waals surface area (Å²) in [5.41, 5.74) is 5.67. The van der Waals surface area contributed by atoms with Crippen LogP contribution < -0.4 is 15.6 Å². The number of primary sulfonamides is 1. The van der Waals surface area contributed by atoms with Gasteiger partial charge in [-0.3, -0.25) is 0 Å². The van der Waals surface area contributed by atoms with Gasteiger partial charge in [0.15, 0.2) is 0 Å². The van der Waals surface area contributed by atoms with Crippen molar-refractivity contribution in [2.75, 3.05) is 39.3 Å². The molecule has 0 aromatic heterocycles. The summed E-state index contributed by atoms with van der Waals surface area (Å²) >= 11 is 0. The number of nitrogen functional groups attached to an aromatic ring is 1. The second-order valence-electron chi connectivity index (χ2n) is 4.05. The summed E-state index contributed by atoms with van der Waals surface area (Å²) < 4.78 is 37.9. The average molecular weight is 304 g/mol. The first-order valence-electron chi connectivity index (χ1n) is 6.07. The molecule has 0 heterocycles. The molecule has 4 N–H and O–H groups in total. The van der Waals surface area contributed by atoms with E-state index in [-0.39, 0.29) is 10.6 Å².